The minimum Gasteiger partial charge on any atom is -0.450 e. The second-order valence-electron chi connectivity index (χ2n) is 3.47. The van der Waals surface area contributed by atoms with Crippen molar-refractivity contribution in [1.29, 1.82) is 5.26 Å². The minimum absolute atomic E-state index is 0.116. The Morgan fingerprint density at radius 3 is 2.50 bits per heavy atom. The van der Waals surface area contributed by atoms with Gasteiger partial charge in [-0.25, -0.2) is 0 Å². The van der Waals surface area contributed by atoms with Crippen molar-refractivity contribution in [2.24, 2.45) is 0 Å². The lowest BCUT2D eigenvalue weighted by Crippen LogP contribution is -1.94. The number of hydrogen-bond donors (Lipinski definition) is 0. The van der Waals surface area contributed by atoms with Crippen LogP contribution in [0.25, 0.3) is 0 Å². The Balaban J connectivity index is 2.39. The van der Waals surface area contributed by atoms with Crippen molar-refractivity contribution in [1.82, 2.24) is 0 Å². The Kier molecular flexibility index (Phi) is 3.21. The van der Waals surface area contributed by atoms with Gasteiger partial charge < -0.3 is 4.74 Å². The van der Waals surface area contributed by atoms with E-state index in [0.717, 1.165) is 0 Å². The minimum atomic E-state index is -0.570. The maximum absolute atomic E-state index is 10.9. The second kappa shape index (κ2) is 4.97. The number of para-hydroxylation sites is 1. The standard InChI is InChI=1S/C13H8N2O3/c14-9-10-6-7-13(12(8-10)15(16)17)18-11-4-2-1-3-5-11/h1-8H. The summed E-state index contributed by atoms with van der Waals surface area (Å²) in [6.45, 7) is 0. The van der Waals surface area contributed by atoms with E-state index in [1.165, 1.54) is 18.2 Å². The average molecular weight is 240 g/mol. The molecule has 0 amide bonds. The number of rotatable bonds is 3. The predicted octanol–water partition coefficient (Wildman–Crippen LogP) is 3.26. The van der Waals surface area contributed by atoms with Gasteiger partial charge >= 0.3 is 5.69 Å². The highest BCUT2D eigenvalue weighted by atomic mass is 16.6. The molecule has 18 heavy (non-hydrogen) atoms. The van der Waals surface area contributed by atoms with Crippen LogP contribution in [-0.4, -0.2) is 4.92 Å². The Bertz CT molecular complexity index is 618. The van der Waals surface area contributed by atoms with Crippen LogP contribution in [0.4, 0.5) is 5.69 Å². The Morgan fingerprint density at radius 1 is 1.17 bits per heavy atom. The molecule has 0 bridgehead atoms. The van der Waals surface area contributed by atoms with Gasteiger partial charge in [-0.3, -0.25) is 10.1 Å². The van der Waals surface area contributed by atoms with Crippen molar-refractivity contribution < 1.29 is 9.66 Å². The Labute approximate surface area is 103 Å². The molecule has 0 aliphatic carbocycles. The predicted molar refractivity (Wildman–Crippen MR) is 64.3 cm³/mol. The van der Waals surface area contributed by atoms with E-state index in [4.69, 9.17) is 10.00 Å². The largest absolute Gasteiger partial charge is 0.450 e. The summed E-state index contributed by atoms with van der Waals surface area (Å²) in [5.74, 6) is 0.621. The van der Waals surface area contributed by atoms with Gasteiger partial charge in [0, 0.05) is 6.07 Å². The van der Waals surface area contributed by atoms with Crippen molar-refractivity contribution in [2.45, 2.75) is 0 Å². The SMILES string of the molecule is N#Cc1ccc(Oc2ccccc2)c([N+](=O)[O-])c1. The Hall–Kier alpha value is -2.87. The zero-order chi connectivity index (χ0) is 13.0. The molecule has 0 N–H and O–H groups in total. The summed E-state index contributed by atoms with van der Waals surface area (Å²) in [7, 11) is 0. The van der Waals surface area contributed by atoms with Crippen molar-refractivity contribution in [3.05, 3.63) is 64.2 Å². The molecule has 0 aliphatic heterocycles. The highest BCUT2D eigenvalue weighted by molar-refractivity contribution is 5.53. The maximum atomic E-state index is 10.9. The average Bonchev–Trinajstić information content (AvgIpc) is 2.40. The first-order valence-corrected chi connectivity index (χ1v) is 5.12. The van der Waals surface area contributed by atoms with Crippen LogP contribution in [0.3, 0.4) is 0 Å². The lowest BCUT2D eigenvalue weighted by atomic mass is 10.2. The van der Waals surface area contributed by atoms with Crippen LogP contribution < -0.4 is 4.74 Å². The highest BCUT2D eigenvalue weighted by Gasteiger charge is 2.16. The summed E-state index contributed by atoms with van der Waals surface area (Å²) in [4.78, 5) is 10.3. The van der Waals surface area contributed by atoms with Crippen LogP contribution >= 0.6 is 0 Å². The molecule has 2 rings (SSSR count). The molecular formula is C13H8N2O3. The first-order chi connectivity index (χ1) is 8.70. The molecule has 0 radical (unpaired) electrons. The van der Waals surface area contributed by atoms with Crippen LogP contribution in [0, 0.1) is 21.4 Å². The number of benzene rings is 2. The van der Waals surface area contributed by atoms with E-state index in [1.807, 2.05) is 12.1 Å². The lowest BCUT2D eigenvalue weighted by molar-refractivity contribution is -0.385. The van der Waals surface area contributed by atoms with Crippen molar-refractivity contribution >= 4 is 5.69 Å². The van der Waals surface area contributed by atoms with Crippen molar-refractivity contribution in [3.63, 3.8) is 0 Å². The third-order valence-corrected chi connectivity index (χ3v) is 2.26. The van der Waals surface area contributed by atoms with Gasteiger partial charge in [-0.2, -0.15) is 5.26 Å². The Morgan fingerprint density at radius 2 is 1.89 bits per heavy atom. The first kappa shape index (κ1) is 11.6. The van der Waals surface area contributed by atoms with Gasteiger partial charge in [0.25, 0.3) is 0 Å². The molecule has 0 heterocycles. The van der Waals surface area contributed by atoms with Crippen molar-refractivity contribution in [3.8, 4) is 17.6 Å². The fourth-order valence-electron chi connectivity index (χ4n) is 1.43. The number of nitrogens with zero attached hydrogens (tertiary/aromatic N) is 2. The summed E-state index contributed by atoms with van der Waals surface area (Å²) in [6, 6.07) is 14.7. The first-order valence-electron chi connectivity index (χ1n) is 5.12. The van der Waals surface area contributed by atoms with E-state index >= 15 is 0 Å². The van der Waals surface area contributed by atoms with Crippen molar-refractivity contribution in [2.75, 3.05) is 0 Å². The van der Waals surface area contributed by atoms with E-state index in [9.17, 15) is 10.1 Å². The molecule has 0 unspecified atom stereocenters. The summed E-state index contributed by atoms with van der Waals surface area (Å²) >= 11 is 0. The zero-order valence-electron chi connectivity index (χ0n) is 9.24. The molecule has 0 spiro atoms. The van der Waals surface area contributed by atoms with Gasteiger partial charge in [0.15, 0.2) is 0 Å². The van der Waals surface area contributed by atoms with E-state index < -0.39 is 4.92 Å². The fourth-order valence-corrected chi connectivity index (χ4v) is 1.43. The molecule has 2 aromatic rings. The number of ether oxygens (including phenoxy) is 1. The topological polar surface area (TPSA) is 76.2 Å². The quantitative estimate of drug-likeness (QED) is 0.609. The highest BCUT2D eigenvalue weighted by Crippen LogP contribution is 2.31. The fraction of sp³-hybridized carbons (Fsp3) is 0. The van der Waals surface area contributed by atoms with Gasteiger partial charge in [-0.05, 0) is 24.3 Å². The number of nitriles is 1. The molecule has 0 fully saturated rings. The smallest absolute Gasteiger partial charge is 0.312 e. The molecule has 0 atom stereocenters. The van der Waals surface area contributed by atoms with Gasteiger partial charge in [-0.1, -0.05) is 18.2 Å². The summed E-state index contributed by atoms with van der Waals surface area (Å²) in [5, 5.41) is 19.6. The molecule has 2 aromatic carbocycles. The second-order valence-corrected chi connectivity index (χ2v) is 3.47. The van der Waals surface area contributed by atoms with Crippen LogP contribution in [0.5, 0.6) is 11.5 Å². The van der Waals surface area contributed by atoms with Gasteiger partial charge in [0.05, 0.1) is 16.6 Å². The molecule has 5 nitrogen and oxygen atoms in total. The van der Waals surface area contributed by atoms with Crippen LogP contribution in [0.15, 0.2) is 48.5 Å². The monoisotopic (exact) mass is 240 g/mol. The van der Waals surface area contributed by atoms with E-state index in [1.54, 1.807) is 24.3 Å². The van der Waals surface area contributed by atoms with Gasteiger partial charge in [0.1, 0.15) is 5.75 Å². The van der Waals surface area contributed by atoms with Crippen LogP contribution in [0.1, 0.15) is 5.56 Å². The molecule has 0 saturated heterocycles. The molecule has 0 aliphatic rings. The van der Waals surface area contributed by atoms with E-state index in [2.05, 4.69) is 0 Å². The van der Waals surface area contributed by atoms with E-state index in [-0.39, 0.29) is 17.0 Å². The lowest BCUT2D eigenvalue weighted by Gasteiger charge is -2.05. The molecular weight excluding hydrogens is 232 g/mol. The van der Waals surface area contributed by atoms with Crippen LogP contribution in [-0.2, 0) is 0 Å². The van der Waals surface area contributed by atoms with Gasteiger partial charge in [0.2, 0.25) is 5.75 Å². The zero-order valence-corrected chi connectivity index (χ0v) is 9.24. The van der Waals surface area contributed by atoms with Gasteiger partial charge in [-0.15, -0.1) is 0 Å². The maximum Gasteiger partial charge on any atom is 0.312 e. The third kappa shape index (κ3) is 2.44. The molecule has 5 heteroatoms. The molecule has 0 aromatic heterocycles. The number of nitro benzene ring substituents is 1. The molecule has 88 valence electrons. The summed E-state index contributed by atoms with van der Waals surface area (Å²) in [6.07, 6.45) is 0. The number of hydrogen-bond acceptors (Lipinski definition) is 4. The molecule has 0 saturated carbocycles. The van der Waals surface area contributed by atoms with E-state index in [0.29, 0.717) is 5.75 Å². The third-order valence-electron chi connectivity index (χ3n) is 2.26. The number of nitro groups is 1. The van der Waals surface area contributed by atoms with Crippen LogP contribution in [0.2, 0.25) is 0 Å². The summed E-state index contributed by atoms with van der Waals surface area (Å²) in [5.41, 5.74) is 0.0000136. The summed E-state index contributed by atoms with van der Waals surface area (Å²) < 4.78 is 5.42. The normalized spacial score (nSPS) is 9.50.